The van der Waals surface area contributed by atoms with E-state index < -0.39 is 12.0 Å². The fourth-order valence-corrected chi connectivity index (χ4v) is 3.48. The molecule has 126 valence electrons. The second-order valence-electron chi connectivity index (χ2n) is 6.17. The van der Waals surface area contributed by atoms with Crippen molar-refractivity contribution in [3.63, 3.8) is 0 Å². The van der Waals surface area contributed by atoms with Crippen molar-refractivity contribution in [1.29, 1.82) is 0 Å². The smallest absolute Gasteiger partial charge is 0.326 e. The van der Waals surface area contributed by atoms with Crippen LogP contribution in [-0.2, 0) is 11.8 Å². The Kier molecular flexibility index (Phi) is 5.09. The molecule has 0 aromatic carbocycles. The Hall–Kier alpha value is -1.89. The maximum Gasteiger partial charge on any atom is 0.326 e. The summed E-state index contributed by atoms with van der Waals surface area (Å²) in [6, 6.07) is 0.938. The van der Waals surface area contributed by atoms with Crippen LogP contribution in [0.2, 0.25) is 0 Å². The molecular weight excluding hydrogens is 314 g/mol. The molecule has 0 aliphatic heterocycles. The standard InChI is InChI=1S/C16H23N3O3S/c1-6-9(4)13(16(21)22)17-14(20)11-7-10-12(8(2)3)18-19(5)15(10)23-11/h7-9,13H,6H2,1-5H3,(H,17,20)(H,21,22)/t9-,13-/m0/s1. The molecule has 2 atom stereocenters. The highest BCUT2D eigenvalue weighted by Crippen LogP contribution is 2.31. The second kappa shape index (κ2) is 6.70. The van der Waals surface area contributed by atoms with Gasteiger partial charge in [0.2, 0.25) is 0 Å². The maximum absolute atomic E-state index is 12.4. The number of fused-ring (bicyclic) bond motifs is 1. The van der Waals surface area contributed by atoms with Crippen LogP contribution < -0.4 is 5.32 Å². The van der Waals surface area contributed by atoms with Gasteiger partial charge in [0.1, 0.15) is 10.9 Å². The molecule has 2 N–H and O–H groups in total. The minimum Gasteiger partial charge on any atom is -0.480 e. The molecule has 7 heteroatoms. The number of rotatable bonds is 6. The van der Waals surface area contributed by atoms with E-state index in [1.165, 1.54) is 11.3 Å². The van der Waals surface area contributed by atoms with Crippen molar-refractivity contribution in [3.8, 4) is 0 Å². The van der Waals surface area contributed by atoms with Gasteiger partial charge < -0.3 is 10.4 Å². The molecule has 2 rings (SSSR count). The topological polar surface area (TPSA) is 84.2 Å². The summed E-state index contributed by atoms with van der Waals surface area (Å²) in [4.78, 5) is 25.3. The Morgan fingerprint density at radius 2 is 2.04 bits per heavy atom. The van der Waals surface area contributed by atoms with Gasteiger partial charge in [-0.1, -0.05) is 34.1 Å². The van der Waals surface area contributed by atoms with E-state index in [1.807, 2.05) is 27.0 Å². The Labute approximate surface area is 139 Å². The van der Waals surface area contributed by atoms with Crippen LogP contribution in [0.1, 0.15) is 55.4 Å². The Morgan fingerprint density at radius 3 is 2.57 bits per heavy atom. The van der Waals surface area contributed by atoms with Gasteiger partial charge in [-0.3, -0.25) is 9.48 Å². The van der Waals surface area contributed by atoms with E-state index in [1.54, 1.807) is 4.68 Å². The van der Waals surface area contributed by atoms with Crippen molar-refractivity contribution in [1.82, 2.24) is 15.1 Å². The van der Waals surface area contributed by atoms with E-state index in [9.17, 15) is 14.7 Å². The van der Waals surface area contributed by atoms with Crippen LogP contribution in [0, 0.1) is 5.92 Å². The zero-order chi connectivity index (χ0) is 17.3. The van der Waals surface area contributed by atoms with Gasteiger partial charge in [-0.05, 0) is 17.9 Å². The lowest BCUT2D eigenvalue weighted by molar-refractivity contribution is -0.140. The number of hydrogen-bond donors (Lipinski definition) is 2. The average molecular weight is 337 g/mol. The lowest BCUT2D eigenvalue weighted by Gasteiger charge is -2.19. The Balaban J connectivity index is 2.31. The minimum absolute atomic E-state index is 0.126. The third-order valence-corrected chi connectivity index (χ3v) is 5.28. The number of hydrogen-bond acceptors (Lipinski definition) is 4. The number of aromatic nitrogens is 2. The van der Waals surface area contributed by atoms with E-state index in [0.717, 1.165) is 15.9 Å². The molecule has 0 spiro atoms. The monoisotopic (exact) mass is 337 g/mol. The summed E-state index contributed by atoms with van der Waals surface area (Å²) in [5.41, 5.74) is 0.953. The SMILES string of the molecule is CC[C@H](C)[C@H](NC(=O)c1cc2c(C(C)C)nn(C)c2s1)C(=O)O. The number of aliphatic carboxylic acids is 1. The summed E-state index contributed by atoms with van der Waals surface area (Å²) in [7, 11) is 1.85. The number of thiophene rings is 1. The fourth-order valence-electron chi connectivity index (χ4n) is 2.50. The molecule has 0 fully saturated rings. The first-order chi connectivity index (χ1) is 10.8. The van der Waals surface area contributed by atoms with E-state index >= 15 is 0 Å². The predicted octanol–water partition coefficient (Wildman–Crippen LogP) is 2.99. The number of carbonyl (C=O) groups excluding carboxylic acids is 1. The molecule has 1 amide bonds. The summed E-state index contributed by atoms with van der Waals surface area (Å²) in [5, 5.41) is 17.4. The number of nitrogens with one attached hydrogen (secondary N) is 1. The van der Waals surface area contributed by atoms with Crippen molar-refractivity contribution < 1.29 is 14.7 Å². The Bertz CT molecular complexity index is 732. The molecule has 23 heavy (non-hydrogen) atoms. The molecule has 0 saturated carbocycles. The number of aryl methyl sites for hydroxylation is 1. The molecule has 6 nitrogen and oxygen atoms in total. The third kappa shape index (κ3) is 3.39. The molecule has 0 aliphatic carbocycles. The van der Waals surface area contributed by atoms with Gasteiger partial charge in [-0.25, -0.2) is 4.79 Å². The number of nitrogens with zero attached hydrogens (tertiary/aromatic N) is 2. The van der Waals surface area contributed by atoms with E-state index in [-0.39, 0.29) is 17.7 Å². The molecule has 0 radical (unpaired) electrons. The highest BCUT2D eigenvalue weighted by atomic mass is 32.1. The van der Waals surface area contributed by atoms with Crippen LogP contribution in [0.5, 0.6) is 0 Å². The van der Waals surface area contributed by atoms with Crippen molar-refractivity contribution in [2.24, 2.45) is 13.0 Å². The van der Waals surface area contributed by atoms with Crippen LogP contribution >= 0.6 is 11.3 Å². The first kappa shape index (κ1) is 17.5. The van der Waals surface area contributed by atoms with E-state index in [4.69, 9.17) is 0 Å². The first-order valence-electron chi connectivity index (χ1n) is 7.76. The van der Waals surface area contributed by atoms with Gasteiger partial charge >= 0.3 is 5.97 Å². The number of carboxylic acids is 1. The second-order valence-corrected chi connectivity index (χ2v) is 7.20. The molecule has 2 aromatic heterocycles. The van der Waals surface area contributed by atoms with Crippen LogP contribution in [0.15, 0.2) is 6.07 Å². The van der Waals surface area contributed by atoms with Crippen molar-refractivity contribution in [2.75, 3.05) is 0 Å². The summed E-state index contributed by atoms with van der Waals surface area (Å²) in [5.74, 6) is -1.21. The summed E-state index contributed by atoms with van der Waals surface area (Å²) < 4.78 is 1.77. The lowest BCUT2D eigenvalue weighted by atomic mass is 9.99. The van der Waals surface area contributed by atoms with Crippen molar-refractivity contribution in [2.45, 2.75) is 46.1 Å². The Morgan fingerprint density at radius 1 is 1.39 bits per heavy atom. The number of amides is 1. The van der Waals surface area contributed by atoms with E-state index in [0.29, 0.717) is 11.3 Å². The summed E-state index contributed by atoms with van der Waals surface area (Å²) in [6.45, 7) is 7.85. The highest BCUT2D eigenvalue weighted by molar-refractivity contribution is 7.20. The number of carbonyl (C=O) groups is 2. The van der Waals surface area contributed by atoms with Gasteiger partial charge in [-0.15, -0.1) is 11.3 Å². The van der Waals surface area contributed by atoms with Crippen LogP contribution in [0.3, 0.4) is 0 Å². The molecule has 0 saturated heterocycles. The normalized spacial score (nSPS) is 14.2. The van der Waals surface area contributed by atoms with Gasteiger partial charge in [-0.2, -0.15) is 5.10 Å². The van der Waals surface area contributed by atoms with Gasteiger partial charge in [0.15, 0.2) is 0 Å². The third-order valence-electron chi connectivity index (χ3n) is 4.08. The highest BCUT2D eigenvalue weighted by Gasteiger charge is 2.27. The zero-order valence-electron chi connectivity index (χ0n) is 14.1. The summed E-state index contributed by atoms with van der Waals surface area (Å²) in [6.07, 6.45) is 0.686. The zero-order valence-corrected chi connectivity index (χ0v) is 14.9. The van der Waals surface area contributed by atoms with Gasteiger partial charge in [0.25, 0.3) is 5.91 Å². The maximum atomic E-state index is 12.4. The first-order valence-corrected chi connectivity index (χ1v) is 8.58. The molecular formula is C16H23N3O3S. The largest absolute Gasteiger partial charge is 0.480 e. The van der Waals surface area contributed by atoms with Crippen LogP contribution in [0.25, 0.3) is 10.2 Å². The van der Waals surface area contributed by atoms with Gasteiger partial charge in [0, 0.05) is 12.4 Å². The molecule has 0 aliphatic rings. The predicted molar refractivity (Wildman–Crippen MR) is 91.0 cm³/mol. The lowest BCUT2D eigenvalue weighted by Crippen LogP contribution is -2.44. The molecule has 2 aromatic rings. The molecule has 2 heterocycles. The minimum atomic E-state index is -1.00. The van der Waals surface area contributed by atoms with Gasteiger partial charge in [0.05, 0.1) is 10.6 Å². The molecule has 0 unspecified atom stereocenters. The van der Waals surface area contributed by atoms with E-state index in [2.05, 4.69) is 24.3 Å². The van der Waals surface area contributed by atoms with Crippen molar-refractivity contribution in [3.05, 3.63) is 16.6 Å². The number of carboxylic acid groups (broad SMARTS) is 1. The quantitative estimate of drug-likeness (QED) is 0.849. The fraction of sp³-hybridized carbons (Fsp3) is 0.562. The van der Waals surface area contributed by atoms with Crippen molar-refractivity contribution >= 4 is 33.4 Å². The summed E-state index contributed by atoms with van der Waals surface area (Å²) >= 11 is 1.34. The van der Waals surface area contributed by atoms with Crippen LogP contribution in [0.4, 0.5) is 0 Å². The molecule has 0 bridgehead atoms. The average Bonchev–Trinajstić information content (AvgIpc) is 3.04. The van der Waals surface area contributed by atoms with Crippen LogP contribution in [-0.4, -0.2) is 32.8 Å².